The molecule has 0 radical (unpaired) electrons. The summed E-state index contributed by atoms with van der Waals surface area (Å²) in [5.74, 6) is 3.82. The molecule has 4 rings (SSSR count). The van der Waals surface area contributed by atoms with Gasteiger partial charge >= 0.3 is 0 Å². The summed E-state index contributed by atoms with van der Waals surface area (Å²) in [5, 5.41) is 0. The fraction of sp³-hybridized carbons (Fsp3) is 0.387. The van der Waals surface area contributed by atoms with Crippen LogP contribution in [-0.4, -0.2) is 16.2 Å². The summed E-state index contributed by atoms with van der Waals surface area (Å²) in [6.07, 6.45) is 1.99. The molecule has 0 atom stereocenters. The van der Waals surface area contributed by atoms with E-state index in [0.29, 0.717) is 25.0 Å². The minimum Gasteiger partial charge on any atom is -0.493 e. The average Bonchev–Trinajstić information content (AvgIpc) is 3.20. The van der Waals surface area contributed by atoms with E-state index >= 15 is 0 Å². The van der Waals surface area contributed by atoms with E-state index < -0.39 is 0 Å². The lowest BCUT2D eigenvalue weighted by Crippen LogP contribution is -2.09. The maximum absolute atomic E-state index is 6.20. The van der Waals surface area contributed by atoms with Crippen molar-refractivity contribution in [2.24, 2.45) is 0 Å². The third kappa shape index (κ3) is 6.25. The van der Waals surface area contributed by atoms with E-state index in [-0.39, 0.29) is 0 Å². The number of hydrogen-bond donors (Lipinski definition) is 0. The first-order valence-electron chi connectivity index (χ1n) is 12.8. The van der Waals surface area contributed by atoms with Gasteiger partial charge in [-0.1, -0.05) is 64.1 Å². The van der Waals surface area contributed by atoms with Crippen molar-refractivity contribution < 1.29 is 9.47 Å². The number of rotatable bonds is 11. The van der Waals surface area contributed by atoms with Crippen LogP contribution >= 0.6 is 0 Å². The number of unbranched alkanes of at least 4 members (excludes halogenated alkanes) is 1. The van der Waals surface area contributed by atoms with Crippen molar-refractivity contribution in [3.8, 4) is 11.5 Å². The monoisotopic (exact) mass is 470 g/mol. The summed E-state index contributed by atoms with van der Waals surface area (Å²) >= 11 is 0. The normalized spacial score (nSPS) is 11.5. The van der Waals surface area contributed by atoms with E-state index in [0.717, 1.165) is 47.7 Å². The molecule has 0 bridgehead atoms. The Morgan fingerprint density at radius 3 is 2.34 bits per heavy atom. The molecular formula is C31H38N2O2. The first-order chi connectivity index (χ1) is 16.9. The summed E-state index contributed by atoms with van der Waals surface area (Å²) in [5.41, 5.74) is 6.00. The Morgan fingerprint density at radius 1 is 0.829 bits per heavy atom. The molecule has 0 amide bonds. The molecule has 0 fully saturated rings. The number of aromatic nitrogens is 2. The van der Waals surface area contributed by atoms with Gasteiger partial charge in [0.15, 0.2) is 0 Å². The van der Waals surface area contributed by atoms with E-state index in [9.17, 15) is 0 Å². The van der Waals surface area contributed by atoms with E-state index in [1.54, 1.807) is 0 Å². The van der Waals surface area contributed by atoms with Crippen LogP contribution in [0.5, 0.6) is 11.5 Å². The molecule has 0 aliphatic heterocycles. The number of fused-ring (bicyclic) bond motifs is 1. The second kappa shape index (κ2) is 11.4. The maximum atomic E-state index is 6.20. The third-order valence-corrected chi connectivity index (χ3v) is 6.47. The Morgan fingerprint density at radius 2 is 1.60 bits per heavy atom. The van der Waals surface area contributed by atoms with Gasteiger partial charge in [0.1, 0.15) is 23.9 Å². The highest BCUT2D eigenvalue weighted by Gasteiger charge is 2.12. The van der Waals surface area contributed by atoms with Crippen LogP contribution in [-0.2, 0) is 13.2 Å². The topological polar surface area (TPSA) is 36.3 Å². The predicted octanol–water partition coefficient (Wildman–Crippen LogP) is 8.03. The Labute approximate surface area is 209 Å². The molecule has 0 unspecified atom stereocenters. The Hall–Kier alpha value is -3.27. The number of benzene rings is 3. The summed E-state index contributed by atoms with van der Waals surface area (Å²) in [7, 11) is 0. The lowest BCUT2D eigenvalue weighted by molar-refractivity contribution is 0.284. The van der Waals surface area contributed by atoms with Crippen molar-refractivity contribution in [2.45, 2.75) is 72.4 Å². The minimum atomic E-state index is 0.451. The number of nitrogens with zero attached hydrogens (tertiary/aromatic N) is 2. The molecule has 0 saturated carbocycles. The summed E-state index contributed by atoms with van der Waals surface area (Å²) in [4.78, 5) is 4.87. The van der Waals surface area contributed by atoms with Gasteiger partial charge < -0.3 is 14.0 Å². The number of hydrogen-bond acceptors (Lipinski definition) is 3. The second-order valence-electron chi connectivity index (χ2n) is 9.93. The standard InChI is InChI=1S/C31H38N2O2/c1-22(2)25-13-15-26(16-14-25)35-21-31-32-28-10-6-7-11-29(28)33(31)18-8-9-19-34-30-20-24(5)12-17-27(30)23(3)4/h6-7,10-17,20,22-23H,8-9,18-19,21H2,1-5H3. The van der Waals surface area contributed by atoms with Crippen LogP contribution in [0.25, 0.3) is 11.0 Å². The molecular weight excluding hydrogens is 432 g/mol. The highest BCUT2D eigenvalue weighted by molar-refractivity contribution is 5.75. The molecule has 4 heteroatoms. The van der Waals surface area contributed by atoms with Crippen LogP contribution in [0, 0.1) is 6.92 Å². The SMILES string of the molecule is Cc1ccc(C(C)C)c(OCCCCn2c(COc3ccc(C(C)C)cc3)nc3ccccc32)c1. The van der Waals surface area contributed by atoms with Gasteiger partial charge in [0, 0.05) is 6.54 Å². The lowest BCUT2D eigenvalue weighted by Gasteiger charge is -2.15. The van der Waals surface area contributed by atoms with E-state index in [1.807, 2.05) is 6.07 Å². The predicted molar refractivity (Wildman–Crippen MR) is 145 cm³/mol. The molecule has 4 aromatic rings. The quantitative estimate of drug-likeness (QED) is 0.208. The van der Waals surface area contributed by atoms with Crippen LogP contribution in [0.15, 0.2) is 66.7 Å². The van der Waals surface area contributed by atoms with Crippen molar-refractivity contribution in [1.82, 2.24) is 9.55 Å². The highest BCUT2D eigenvalue weighted by Crippen LogP contribution is 2.28. The summed E-state index contributed by atoms with van der Waals surface area (Å²) in [6.45, 7) is 13.0. The molecule has 0 aliphatic carbocycles. The van der Waals surface area contributed by atoms with Gasteiger partial charge in [-0.2, -0.15) is 0 Å². The molecule has 0 aliphatic rings. The van der Waals surface area contributed by atoms with Crippen molar-refractivity contribution in [2.75, 3.05) is 6.61 Å². The van der Waals surface area contributed by atoms with Crippen molar-refractivity contribution in [1.29, 1.82) is 0 Å². The molecule has 1 aromatic heterocycles. The minimum absolute atomic E-state index is 0.451. The first-order valence-corrected chi connectivity index (χ1v) is 12.8. The van der Waals surface area contributed by atoms with E-state index in [2.05, 4.69) is 99.8 Å². The van der Waals surface area contributed by atoms with Crippen molar-refractivity contribution in [3.63, 3.8) is 0 Å². The second-order valence-corrected chi connectivity index (χ2v) is 9.93. The number of para-hydroxylation sites is 2. The molecule has 184 valence electrons. The van der Waals surface area contributed by atoms with Gasteiger partial charge in [-0.15, -0.1) is 0 Å². The van der Waals surface area contributed by atoms with Crippen molar-refractivity contribution >= 4 is 11.0 Å². The van der Waals surface area contributed by atoms with Crippen LogP contribution < -0.4 is 9.47 Å². The molecule has 35 heavy (non-hydrogen) atoms. The zero-order valence-electron chi connectivity index (χ0n) is 21.8. The summed E-state index contributed by atoms with van der Waals surface area (Å²) < 4.78 is 14.6. The maximum Gasteiger partial charge on any atom is 0.147 e. The molecule has 3 aromatic carbocycles. The van der Waals surface area contributed by atoms with E-state index in [4.69, 9.17) is 14.5 Å². The van der Waals surface area contributed by atoms with Gasteiger partial charge in [0.25, 0.3) is 0 Å². The number of aryl methyl sites for hydroxylation is 2. The number of ether oxygens (including phenoxy) is 2. The molecule has 1 heterocycles. The van der Waals surface area contributed by atoms with Gasteiger partial charge in [-0.3, -0.25) is 0 Å². The van der Waals surface area contributed by atoms with Gasteiger partial charge in [-0.25, -0.2) is 4.98 Å². The van der Waals surface area contributed by atoms with Crippen LogP contribution in [0.4, 0.5) is 0 Å². The molecule has 0 spiro atoms. The van der Waals surface area contributed by atoms with Gasteiger partial charge in [-0.05, 0) is 78.6 Å². The van der Waals surface area contributed by atoms with Crippen LogP contribution in [0.3, 0.4) is 0 Å². The first kappa shape index (κ1) is 24.8. The molecule has 0 N–H and O–H groups in total. The van der Waals surface area contributed by atoms with Crippen LogP contribution in [0.2, 0.25) is 0 Å². The zero-order chi connectivity index (χ0) is 24.8. The Kier molecular flexibility index (Phi) is 8.12. The number of imidazole rings is 1. The van der Waals surface area contributed by atoms with Crippen LogP contribution in [0.1, 0.15) is 74.9 Å². The third-order valence-electron chi connectivity index (χ3n) is 6.47. The zero-order valence-corrected chi connectivity index (χ0v) is 21.8. The van der Waals surface area contributed by atoms with E-state index in [1.165, 1.54) is 16.7 Å². The average molecular weight is 471 g/mol. The van der Waals surface area contributed by atoms with Gasteiger partial charge in [0.2, 0.25) is 0 Å². The lowest BCUT2D eigenvalue weighted by atomic mass is 10.0. The Bertz CT molecular complexity index is 1240. The largest absolute Gasteiger partial charge is 0.493 e. The Balaban J connectivity index is 1.38. The summed E-state index contributed by atoms with van der Waals surface area (Å²) in [6, 6.07) is 23.2. The highest BCUT2D eigenvalue weighted by atomic mass is 16.5. The fourth-order valence-electron chi connectivity index (χ4n) is 4.38. The van der Waals surface area contributed by atoms with Crippen molar-refractivity contribution in [3.05, 3.63) is 89.2 Å². The molecule has 0 saturated heterocycles. The van der Waals surface area contributed by atoms with Gasteiger partial charge in [0.05, 0.1) is 17.6 Å². The smallest absolute Gasteiger partial charge is 0.147 e. The fourth-order valence-corrected chi connectivity index (χ4v) is 4.38. The molecule has 4 nitrogen and oxygen atoms in total.